The topological polar surface area (TPSA) is 39.1 Å². The lowest BCUT2D eigenvalue weighted by Gasteiger charge is -2.20. The normalized spacial score (nSPS) is 18.5. The Labute approximate surface area is 93.2 Å². The fraction of sp³-hybridized carbons (Fsp3) is 0.900. The molecule has 3 nitrogen and oxygen atoms in total. The van der Waals surface area contributed by atoms with Gasteiger partial charge in [0.15, 0.2) is 0 Å². The van der Waals surface area contributed by atoms with E-state index in [1.165, 1.54) is 11.9 Å². The Kier molecular flexibility index (Phi) is 4.56. The summed E-state index contributed by atoms with van der Waals surface area (Å²) < 4.78 is 36.0. The fourth-order valence-electron chi connectivity index (χ4n) is 1.45. The maximum absolute atomic E-state index is 12.0. The SMILES string of the molecule is CN(CCC(C#N)NC1CC1)CC(F)(F)F. The third-order valence-corrected chi connectivity index (χ3v) is 2.42. The van der Waals surface area contributed by atoms with Gasteiger partial charge in [-0.1, -0.05) is 0 Å². The molecule has 1 fully saturated rings. The van der Waals surface area contributed by atoms with Gasteiger partial charge in [-0.05, 0) is 26.3 Å². The van der Waals surface area contributed by atoms with Crippen LogP contribution >= 0.6 is 0 Å². The first-order chi connectivity index (χ1) is 7.40. The van der Waals surface area contributed by atoms with Crippen LogP contribution in [0.15, 0.2) is 0 Å². The molecule has 1 aliphatic carbocycles. The number of nitrogens with one attached hydrogen (secondary N) is 1. The van der Waals surface area contributed by atoms with Crippen LogP contribution in [0, 0.1) is 11.3 Å². The molecule has 1 N–H and O–H groups in total. The first kappa shape index (κ1) is 13.3. The summed E-state index contributed by atoms with van der Waals surface area (Å²) in [5, 5.41) is 11.9. The third-order valence-electron chi connectivity index (χ3n) is 2.42. The van der Waals surface area contributed by atoms with E-state index in [1.54, 1.807) is 0 Å². The lowest BCUT2D eigenvalue weighted by Crippen LogP contribution is -2.36. The molecule has 0 bridgehead atoms. The minimum Gasteiger partial charge on any atom is -0.299 e. The molecular formula is C10H16F3N3. The van der Waals surface area contributed by atoms with E-state index < -0.39 is 12.7 Å². The summed E-state index contributed by atoms with van der Waals surface area (Å²) in [6.45, 7) is -0.647. The first-order valence-electron chi connectivity index (χ1n) is 5.31. The standard InChI is InChI=1S/C10H16F3N3/c1-16(7-10(11,12)13)5-4-9(6-14)15-8-2-3-8/h8-9,15H,2-5,7H2,1H3. The largest absolute Gasteiger partial charge is 0.401 e. The van der Waals surface area contributed by atoms with E-state index in [-0.39, 0.29) is 12.6 Å². The van der Waals surface area contributed by atoms with Gasteiger partial charge in [0.2, 0.25) is 0 Å². The number of hydrogen-bond acceptors (Lipinski definition) is 3. The Morgan fingerprint density at radius 3 is 2.56 bits per heavy atom. The molecule has 0 aromatic carbocycles. The average Bonchev–Trinajstić information content (AvgIpc) is 2.92. The van der Waals surface area contributed by atoms with Crippen LogP contribution in [-0.4, -0.2) is 43.3 Å². The zero-order chi connectivity index (χ0) is 12.2. The molecule has 0 aromatic heterocycles. The molecule has 0 amide bonds. The Morgan fingerprint density at radius 2 is 2.12 bits per heavy atom. The maximum atomic E-state index is 12.0. The summed E-state index contributed by atoms with van der Waals surface area (Å²) in [5.41, 5.74) is 0. The second-order valence-electron chi connectivity index (χ2n) is 4.26. The Hall–Kier alpha value is -0.800. The molecule has 0 radical (unpaired) electrons. The highest BCUT2D eigenvalue weighted by Crippen LogP contribution is 2.20. The van der Waals surface area contributed by atoms with Crippen molar-refractivity contribution in [3.8, 4) is 6.07 Å². The van der Waals surface area contributed by atoms with Crippen molar-refractivity contribution in [3.05, 3.63) is 0 Å². The third kappa shape index (κ3) is 5.93. The van der Waals surface area contributed by atoms with Gasteiger partial charge in [0.25, 0.3) is 0 Å². The van der Waals surface area contributed by atoms with Gasteiger partial charge in [-0.25, -0.2) is 0 Å². The highest BCUT2D eigenvalue weighted by Gasteiger charge is 2.29. The molecule has 0 heterocycles. The molecular weight excluding hydrogens is 219 g/mol. The smallest absolute Gasteiger partial charge is 0.299 e. The average molecular weight is 235 g/mol. The van der Waals surface area contributed by atoms with E-state index in [9.17, 15) is 13.2 Å². The van der Waals surface area contributed by atoms with Gasteiger partial charge in [-0.2, -0.15) is 18.4 Å². The van der Waals surface area contributed by atoms with Crippen molar-refractivity contribution < 1.29 is 13.2 Å². The van der Waals surface area contributed by atoms with Crippen LogP contribution in [0.3, 0.4) is 0 Å². The zero-order valence-corrected chi connectivity index (χ0v) is 9.22. The van der Waals surface area contributed by atoms with E-state index in [1.807, 2.05) is 0 Å². The van der Waals surface area contributed by atoms with E-state index in [2.05, 4.69) is 11.4 Å². The molecule has 0 aliphatic heterocycles. The number of hydrogen-bond donors (Lipinski definition) is 1. The van der Waals surface area contributed by atoms with Gasteiger partial charge in [-0.15, -0.1) is 0 Å². The molecule has 1 saturated carbocycles. The Bertz CT molecular complexity index is 255. The van der Waals surface area contributed by atoms with Gasteiger partial charge < -0.3 is 0 Å². The number of nitriles is 1. The Balaban J connectivity index is 2.18. The molecule has 16 heavy (non-hydrogen) atoms. The lowest BCUT2D eigenvalue weighted by atomic mass is 10.2. The number of alkyl halides is 3. The van der Waals surface area contributed by atoms with Crippen molar-refractivity contribution >= 4 is 0 Å². The van der Waals surface area contributed by atoms with Crippen LogP contribution in [0.25, 0.3) is 0 Å². The summed E-state index contributed by atoms with van der Waals surface area (Å²) in [5.74, 6) is 0. The summed E-state index contributed by atoms with van der Waals surface area (Å²) in [6, 6.07) is 2.14. The van der Waals surface area contributed by atoms with Crippen LogP contribution < -0.4 is 5.32 Å². The number of nitrogens with zero attached hydrogens (tertiary/aromatic N) is 2. The Morgan fingerprint density at radius 1 is 1.50 bits per heavy atom. The van der Waals surface area contributed by atoms with Gasteiger partial charge in [0.1, 0.15) is 0 Å². The predicted octanol–water partition coefficient (Wildman–Crippen LogP) is 1.51. The van der Waals surface area contributed by atoms with Crippen LogP contribution in [0.2, 0.25) is 0 Å². The van der Waals surface area contributed by atoms with Crippen LogP contribution in [-0.2, 0) is 0 Å². The van der Waals surface area contributed by atoms with Crippen molar-refractivity contribution in [1.82, 2.24) is 10.2 Å². The van der Waals surface area contributed by atoms with E-state index >= 15 is 0 Å². The molecule has 1 unspecified atom stereocenters. The molecule has 1 rings (SSSR count). The van der Waals surface area contributed by atoms with E-state index in [0.717, 1.165) is 12.8 Å². The highest BCUT2D eigenvalue weighted by atomic mass is 19.4. The van der Waals surface area contributed by atoms with Gasteiger partial charge in [0, 0.05) is 12.6 Å². The second kappa shape index (κ2) is 5.51. The summed E-state index contributed by atoms with van der Waals surface area (Å²) in [7, 11) is 1.42. The minimum absolute atomic E-state index is 0.275. The van der Waals surface area contributed by atoms with Crippen molar-refractivity contribution in [1.29, 1.82) is 5.26 Å². The quantitative estimate of drug-likeness (QED) is 0.758. The molecule has 6 heteroatoms. The zero-order valence-electron chi connectivity index (χ0n) is 9.22. The molecule has 0 saturated heterocycles. The van der Waals surface area contributed by atoms with Crippen LogP contribution in [0.5, 0.6) is 0 Å². The van der Waals surface area contributed by atoms with E-state index in [4.69, 9.17) is 5.26 Å². The van der Waals surface area contributed by atoms with Crippen molar-refractivity contribution in [3.63, 3.8) is 0 Å². The summed E-state index contributed by atoms with van der Waals surface area (Å²) in [6.07, 6.45) is -1.60. The van der Waals surface area contributed by atoms with Gasteiger partial charge in [-0.3, -0.25) is 10.2 Å². The summed E-state index contributed by atoms with van der Waals surface area (Å²) >= 11 is 0. The monoisotopic (exact) mass is 235 g/mol. The molecule has 0 aromatic rings. The number of rotatable bonds is 6. The highest BCUT2D eigenvalue weighted by molar-refractivity contribution is 4.95. The fourth-order valence-corrected chi connectivity index (χ4v) is 1.45. The minimum atomic E-state index is -4.17. The van der Waals surface area contributed by atoms with Gasteiger partial charge >= 0.3 is 6.18 Å². The van der Waals surface area contributed by atoms with Crippen LogP contribution in [0.4, 0.5) is 13.2 Å². The first-order valence-corrected chi connectivity index (χ1v) is 5.31. The molecule has 1 atom stereocenters. The predicted molar refractivity (Wildman–Crippen MR) is 53.7 cm³/mol. The van der Waals surface area contributed by atoms with Gasteiger partial charge in [0.05, 0.1) is 18.7 Å². The summed E-state index contributed by atoms with van der Waals surface area (Å²) in [4.78, 5) is 1.19. The lowest BCUT2D eigenvalue weighted by molar-refractivity contribution is -0.143. The second-order valence-corrected chi connectivity index (χ2v) is 4.26. The van der Waals surface area contributed by atoms with E-state index in [0.29, 0.717) is 12.5 Å². The molecule has 1 aliphatic rings. The van der Waals surface area contributed by atoms with Crippen LogP contribution in [0.1, 0.15) is 19.3 Å². The molecule has 92 valence electrons. The van der Waals surface area contributed by atoms with Crippen molar-refractivity contribution in [2.75, 3.05) is 20.1 Å². The van der Waals surface area contributed by atoms with Crippen molar-refractivity contribution in [2.24, 2.45) is 0 Å². The number of halogens is 3. The molecule has 0 spiro atoms. The van der Waals surface area contributed by atoms with Crippen molar-refractivity contribution in [2.45, 2.75) is 37.5 Å². The maximum Gasteiger partial charge on any atom is 0.401 e.